The zero-order chi connectivity index (χ0) is 103. The zero-order valence-electron chi connectivity index (χ0n) is 83.9. The Morgan fingerprint density at radius 2 is 0.874 bits per heavy atom. The number of nitrogens with one attached hydrogen (secondary N) is 2. The first-order chi connectivity index (χ1) is 68.2. The summed E-state index contributed by atoms with van der Waals surface area (Å²) in [6.45, 7) is 27.7. The van der Waals surface area contributed by atoms with Crippen molar-refractivity contribution in [3.8, 4) is 92.6 Å². The smallest absolute Gasteiger partial charge is 0.411 e. The molecular weight excluding hydrogens is 1910 g/mol. The van der Waals surface area contributed by atoms with E-state index in [1.54, 1.807) is 89.5 Å². The lowest BCUT2D eigenvalue weighted by atomic mass is 9.71. The number of hydrogen-bond donors (Lipinski definition) is 3. The number of methoxy groups -OCH3 is 4. The predicted octanol–water partition coefficient (Wildman–Crippen LogP) is 15.1. The number of phenols is 1. The van der Waals surface area contributed by atoms with Crippen LogP contribution in [0.25, 0.3) is 0 Å². The molecule has 36 nitrogen and oxygen atoms in total. The molecule has 8 bridgehead atoms. The zero-order valence-corrected chi connectivity index (χ0v) is 86.3. The van der Waals surface area contributed by atoms with Crippen LogP contribution in [0, 0.1) is 50.4 Å². The number of piperazine rings is 2. The highest BCUT2D eigenvalue weighted by molar-refractivity contribution is 7.99. The minimum absolute atomic E-state index is 0.00106. The van der Waals surface area contributed by atoms with Gasteiger partial charge in [-0.25, -0.2) is 19.2 Å². The molecule has 14 aliphatic rings. The molecular formula is C104H121ClN8O28S2. The SMILES string of the molecule is CCCC(=O)Cl.CCCC(=O)Oc1cc2c(cc1OC)[C@@]1(CS[C@@H]3c4c(OC(C)=O)c(C)c5c(c4[C@H](COC1=O)N1C3[C@H]3c4c(cc(C)c(OC)c4O)C[C@@H]([C@@H]1C#N)N3C(=O)OC(C)(C)C)OCO5)NCC2.CCCC(=O)Oc1cc2c(cc1OC)[C@@]1(CS[C@@H]3c4c(OC(C)=O)c(C)c5c(c4[C@H](COC1=O)N1C3[C@H]3c4c(cc(C)c(OC)c4OC(=O)CCC)C[C@@H]([C@@H]1C#N)N3C(=O)OC(C)(C)C)OCO5)NCC2. The van der Waals surface area contributed by atoms with Crippen LogP contribution in [0.3, 0.4) is 0 Å². The fourth-order valence-corrected chi connectivity index (χ4v) is 26.1. The lowest BCUT2D eigenvalue weighted by molar-refractivity contribution is -0.158. The molecule has 2 spiro atoms. The van der Waals surface area contributed by atoms with E-state index in [1.807, 2.05) is 63.5 Å². The van der Waals surface area contributed by atoms with Crippen LogP contribution in [0.2, 0.25) is 0 Å². The van der Waals surface area contributed by atoms with Gasteiger partial charge in [-0.05, 0) is 201 Å². The Morgan fingerprint density at radius 1 is 0.483 bits per heavy atom. The van der Waals surface area contributed by atoms with Crippen molar-refractivity contribution in [2.24, 2.45) is 0 Å². The predicted molar refractivity (Wildman–Crippen MR) is 519 cm³/mol. The van der Waals surface area contributed by atoms with Crippen LogP contribution in [0.1, 0.15) is 258 Å². The molecule has 0 radical (unpaired) electrons. The Labute approximate surface area is 842 Å². The average molecular weight is 2030 g/mol. The van der Waals surface area contributed by atoms with Crippen molar-refractivity contribution in [2.45, 2.75) is 281 Å². The van der Waals surface area contributed by atoms with Crippen LogP contribution in [-0.4, -0.2) is 211 Å². The van der Waals surface area contributed by atoms with Gasteiger partial charge in [0.2, 0.25) is 18.8 Å². The van der Waals surface area contributed by atoms with Crippen molar-refractivity contribution in [3.05, 3.63) is 125 Å². The molecule has 14 atom stereocenters. The third-order valence-electron chi connectivity index (χ3n) is 27.9. The maximum absolute atomic E-state index is 15.3. The number of halogens is 1. The highest BCUT2D eigenvalue weighted by Gasteiger charge is 2.68. The number of amides is 2. The van der Waals surface area contributed by atoms with Gasteiger partial charge in [-0.2, -0.15) is 10.5 Å². The summed E-state index contributed by atoms with van der Waals surface area (Å²) in [7, 11) is 5.88. The number of carbonyl (C=O) groups excluding carboxylic acids is 10. The van der Waals surface area contributed by atoms with E-state index >= 15 is 14.4 Å². The number of rotatable bonds is 17. The Bertz CT molecular complexity index is 6260. The third kappa shape index (κ3) is 18.6. The molecule has 14 aliphatic heterocycles. The lowest BCUT2D eigenvalue weighted by Crippen LogP contribution is -2.71. The first-order valence-corrected chi connectivity index (χ1v) is 50.7. The van der Waals surface area contributed by atoms with Gasteiger partial charge in [0.05, 0.1) is 99.4 Å². The number of fused-ring (bicyclic) bond motifs is 18. The van der Waals surface area contributed by atoms with Crippen molar-refractivity contribution in [1.29, 1.82) is 10.5 Å². The monoisotopic (exact) mass is 2030 g/mol. The van der Waals surface area contributed by atoms with E-state index in [0.29, 0.717) is 147 Å². The minimum atomic E-state index is -1.55. The van der Waals surface area contributed by atoms with E-state index in [-0.39, 0.29) is 127 Å². The molecule has 2 amide bonds. The number of aryl methyl sites for hydroxylation is 2. The van der Waals surface area contributed by atoms with Crippen molar-refractivity contribution in [1.82, 2.24) is 30.2 Å². The minimum Gasteiger partial charge on any atom is -0.504 e. The molecule has 6 aromatic carbocycles. The number of thioether (sulfide) groups is 2. The number of ether oxygens (including phenoxy) is 17. The molecule has 2 unspecified atom stereocenters. The average Bonchev–Trinajstić information content (AvgIpc) is 1.54. The van der Waals surface area contributed by atoms with Gasteiger partial charge < -0.3 is 85.6 Å². The van der Waals surface area contributed by atoms with Crippen LogP contribution in [0.4, 0.5) is 9.59 Å². The summed E-state index contributed by atoms with van der Waals surface area (Å²) in [5.74, 6) is -0.498. The van der Waals surface area contributed by atoms with Gasteiger partial charge >= 0.3 is 54.0 Å². The molecule has 3 N–H and O–H groups in total. The number of carbonyl (C=O) groups is 10. The first kappa shape index (κ1) is 104. The molecule has 4 fully saturated rings. The summed E-state index contributed by atoms with van der Waals surface area (Å²) in [5.41, 5.74) is 4.40. The standard InChI is InChI=1S/C52H60N4O14S.C48H54N4O13S.C4H7ClO/c1-11-13-36(58)68-35-19-28-15-16-54-52(30(28)20-34(35)62-9)23-71-48-40-39(46-45(65-24-66-46)26(4)44(40)67-27(5)57)33(22-64-49(52)60)55-32(21-53)31-18-29-17-25(3)43(63-10)47(69-37(59)14-12-2)38(29)41(42(48)55)56(31)50(61)70-51(6,7)8;1-10-11-33(54)64-32-16-25-12-13-50-48(27(25)17-31(32)58-8)20-66-44-36-35(43-42(61-21-62-43)23(3)41(36)63-24(4)53)30(19-60-45(48)56)51-29(18-49)28-15-26-14-22(2)40(59-9)39(55)34(26)37(38(44)51)52(28)46(57)65-47(5,6)7;1-2-3-4(5)6/h17,19-20,31-33,41-42,48,54H,11-16,18,22-24H2,1-10H3;14,16-17,28-30,37-38,44,50,55H,10-13,15,19-21H2,1-9H3;2-3H2,1H3/t31-,32-,33-,41+,42?,48+,52+;28-,29-,30-,37+,38?,44+,48+;/m00./s1. The van der Waals surface area contributed by atoms with Crippen molar-refractivity contribution in [3.63, 3.8) is 0 Å². The van der Waals surface area contributed by atoms with Crippen molar-refractivity contribution in [2.75, 3.05) is 79.8 Å². The molecule has 6 aromatic rings. The molecule has 764 valence electrons. The number of esters is 7. The van der Waals surface area contributed by atoms with Crippen LogP contribution < -0.4 is 72.2 Å². The number of benzene rings is 6. The summed E-state index contributed by atoms with van der Waals surface area (Å²) in [6.07, 6.45) is 3.44. The maximum atomic E-state index is 15.3. The number of hydrogen-bond acceptors (Lipinski definition) is 36. The van der Waals surface area contributed by atoms with Gasteiger partial charge in [0.15, 0.2) is 80.1 Å². The second-order valence-corrected chi connectivity index (χ2v) is 42.0. The van der Waals surface area contributed by atoms with Gasteiger partial charge in [0.25, 0.3) is 0 Å². The van der Waals surface area contributed by atoms with Crippen molar-refractivity contribution >= 4 is 94.3 Å². The topological polar surface area (TPSA) is 432 Å². The fraction of sp³-hybridized carbons (Fsp3) is 0.538. The third-order valence-corrected chi connectivity index (χ3v) is 31.0. The molecule has 143 heavy (non-hydrogen) atoms. The quantitative estimate of drug-likeness (QED) is 0.0330. The highest BCUT2D eigenvalue weighted by atomic mass is 35.5. The Kier molecular flexibility index (Phi) is 29.8. The Hall–Kier alpha value is -12.2. The van der Waals surface area contributed by atoms with E-state index in [9.17, 15) is 49.2 Å². The Morgan fingerprint density at radius 3 is 1.24 bits per heavy atom. The van der Waals surface area contributed by atoms with Gasteiger partial charge in [0, 0.05) is 109 Å². The van der Waals surface area contributed by atoms with E-state index in [4.69, 9.17) is 92.1 Å². The fourth-order valence-electron chi connectivity index (χ4n) is 22.5. The number of phenolic OH excluding ortho intramolecular Hbond substituents is 1. The number of aromatic hydroxyl groups is 1. The van der Waals surface area contributed by atoms with E-state index in [0.717, 1.165) is 28.7 Å². The van der Waals surface area contributed by atoms with Crippen LogP contribution >= 0.6 is 35.1 Å². The number of nitriles is 2. The molecule has 0 aromatic heterocycles. The second-order valence-electron chi connectivity index (χ2n) is 39.3. The molecule has 0 aliphatic carbocycles. The highest BCUT2D eigenvalue weighted by Crippen LogP contribution is 2.69. The molecule has 20 rings (SSSR count). The molecule has 39 heteroatoms. The Balaban J connectivity index is 0.000000195. The summed E-state index contributed by atoms with van der Waals surface area (Å²) in [5, 5.41) is 40.6. The van der Waals surface area contributed by atoms with Crippen LogP contribution in [0.15, 0.2) is 36.4 Å². The maximum Gasteiger partial charge on any atom is 0.411 e. The molecule has 14 heterocycles. The second kappa shape index (κ2) is 41.2. The normalized spacial score (nSPS) is 24.6. The molecule has 0 saturated carbocycles. The van der Waals surface area contributed by atoms with Gasteiger partial charge in [0.1, 0.15) is 48.0 Å². The first-order valence-electron chi connectivity index (χ1n) is 48.2. The summed E-state index contributed by atoms with van der Waals surface area (Å²) >= 11 is 7.63. The summed E-state index contributed by atoms with van der Waals surface area (Å²) in [6, 6.07) is 6.35. The van der Waals surface area contributed by atoms with Gasteiger partial charge in [-0.1, -0.05) is 39.8 Å². The largest absolute Gasteiger partial charge is 0.504 e. The van der Waals surface area contributed by atoms with E-state index in [1.165, 1.54) is 65.8 Å². The summed E-state index contributed by atoms with van der Waals surface area (Å²) < 4.78 is 104. The van der Waals surface area contributed by atoms with Crippen LogP contribution in [-0.2, 0) is 94.1 Å². The van der Waals surface area contributed by atoms with E-state index in [2.05, 4.69) is 22.8 Å². The number of nitrogens with zero attached hydrogens (tertiary/aromatic N) is 6. The van der Waals surface area contributed by atoms with Crippen LogP contribution in [0.5, 0.6) is 80.5 Å². The lowest BCUT2D eigenvalue weighted by Gasteiger charge is -2.62. The molecule has 4 saturated heterocycles. The summed E-state index contributed by atoms with van der Waals surface area (Å²) in [4.78, 5) is 143. The van der Waals surface area contributed by atoms with Gasteiger partial charge in [-0.15, -0.1) is 23.5 Å². The van der Waals surface area contributed by atoms with Crippen molar-refractivity contribution < 1.29 is 134 Å². The van der Waals surface area contributed by atoms with Gasteiger partial charge in [-0.3, -0.25) is 59.0 Å². The van der Waals surface area contributed by atoms with E-state index < -0.39 is 147 Å².